The normalized spacial score (nSPS) is 11.2. The first kappa shape index (κ1) is 19.2. The third-order valence-corrected chi connectivity index (χ3v) is 2.09. The van der Waals surface area contributed by atoms with Crippen molar-refractivity contribution in [2.45, 2.75) is 6.29 Å². The second-order valence-electron chi connectivity index (χ2n) is 3.69. The molecule has 0 unspecified atom stereocenters. The average molecular weight is 295 g/mol. The van der Waals surface area contributed by atoms with Gasteiger partial charge in [0.25, 0.3) is 5.91 Å². The minimum Gasteiger partial charge on any atom is -0.382 e. The van der Waals surface area contributed by atoms with Crippen molar-refractivity contribution in [2.75, 3.05) is 67.1 Å². The largest absolute Gasteiger partial charge is 0.382 e. The first-order valence-electron chi connectivity index (χ1n) is 6.38. The molecule has 0 radical (unpaired) electrons. The Morgan fingerprint density at radius 2 is 1.20 bits per heavy atom. The molecule has 1 amide bonds. The van der Waals surface area contributed by atoms with Crippen molar-refractivity contribution in [1.82, 2.24) is 0 Å². The molecule has 0 aromatic carbocycles. The van der Waals surface area contributed by atoms with E-state index in [1.807, 2.05) is 0 Å². The number of rotatable bonds is 15. The molecule has 8 heteroatoms. The smallest absolute Gasteiger partial charge is 0.274 e. The van der Waals surface area contributed by atoms with Crippen molar-refractivity contribution < 1.29 is 33.2 Å². The van der Waals surface area contributed by atoms with Gasteiger partial charge in [0.2, 0.25) is 6.29 Å². The van der Waals surface area contributed by atoms with E-state index in [2.05, 4.69) is 0 Å². The summed E-state index contributed by atoms with van der Waals surface area (Å²) in [7, 11) is 3.18. The van der Waals surface area contributed by atoms with Crippen LogP contribution in [0.4, 0.5) is 0 Å². The zero-order chi connectivity index (χ0) is 15.1. The molecule has 2 N–H and O–H groups in total. The van der Waals surface area contributed by atoms with Gasteiger partial charge in [-0.05, 0) is 0 Å². The minimum atomic E-state index is -1.09. The van der Waals surface area contributed by atoms with E-state index in [0.717, 1.165) is 0 Å². The van der Waals surface area contributed by atoms with Crippen molar-refractivity contribution >= 4 is 5.91 Å². The first-order valence-corrected chi connectivity index (χ1v) is 6.38. The Morgan fingerprint density at radius 1 is 0.800 bits per heavy atom. The monoisotopic (exact) mass is 295 g/mol. The van der Waals surface area contributed by atoms with Crippen LogP contribution in [0.5, 0.6) is 0 Å². The standard InChI is InChI=1S/C12H25NO7/c1-15-3-5-17-7-9-19-12(11(13)14)20-10-8-18-6-4-16-2/h12H,3-10H2,1-2H3,(H2,13,14). The average Bonchev–Trinajstić information content (AvgIpc) is 2.43. The lowest BCUT2D eigenvalue weighted by molar-refractivity contribution is -0.176. The Bertz CT molecular complexity index is 212. The van der Waals surface area contributed by atoms with E-state index < -0.39 is 12.2 Å². The summed E-state index contributed by atoms with van der Waals surface area (Å²) in [5.74, 6) is -0.682. The van der Waals surface area contributed by atoms with Gasteiger partial charge in [-0.2, -0.15) is 0 Å². The molecule has 0 aromatic heterocycles. The van der Waals surface area contributed by atoms with Gasteiger partial charge in [-0.3, -0.25) is 4.79 Å². The van der Waals surface area contributed by atoms with Crippen LogP contribution in [-0.2, 0) is 33.2 Å². The first-order chi connectivity index (χ1) is 9.72. The van der Waals surface area contributed by atoms with Crippen molar-refractivity contribution in [1.29, 1.82) is 0 Å². The SMILES string of the molecule is COCCOCCOC(OCCOCCOC)C(N)=O. The zero-order valence-corrected chi connectivity index (χ0v) is 12.2. The minimum absolute atomic E-state index is 0.210. The molecule has 0 fully saturated rings. The molecule has 0 aliphatic rings. The molecule has 20 heavy (non-hydrogen) atoms. The number of hydrogen-bond acceptors (Lipinski definition) is 7. The van der Waals surface area contributed by atoms with Crippen LogP contribution < -0.4 is 5.73 Å². The van der Waals surface area contributed by atoms with E-state index in [0.29, 0.717) is 39.6 Å². The molecule has 8 nitrogen and oxygen atoms in total. The highest BCUT2D eigenvalue weighted by molar-refractivity contribution is 5.77. The molecular formula is C12H25NO7. The quantitative estimate of drug-likeness (QED) is 0.310. The van der Waals surface area contributed by atoms with Gasteiger partial charge >= 0.3 is 0 Å². The second kappa shape index (κ2) is 14.6. The van der Waals surface area contributed by atoms with E-state index in [4.69, 9.17) is 34.2 Å². The Balaban J connectivity index is 3.53. The number of nitrogens with two attached hydrogens (primary N) is 1. The number of ether oxygens (including phenoxy) is 6. The van der Waals surface area contributed by atoms with Crippen molar-refractivity contribution in [3.05, 3.63) is 0 Å². The molecule has 120 valence electrons. The molecule has 0 atom stereocenters. The predicted octanol–water partition coefficient (Wildman–Crippen LogP) is -0.843. The molecular weight excluding hydrogens is 270 g/mol. The van der Waals surface area contributed by atoms with Gasteiger partial charge in [0, 0.05) is 14.2 Å². The maximum Gasteiger partial charge on any atom is 0.274 e. The number of primary amides is 1. The lowest BCUT2D eigenvalue weighted by Gasteiger charge is -2.15. The number of hydrogen-bond donors (Lipinski definition) is 1. The van der Waals surface area contributed by atoms with E-state index in [1.165, 1.54) is 0 Å². The maximum absolute atomic E-state index is 11.1. The van der Waals surface area contributed by atoms with Gasteiger partial charge in [0.1, 0.15) is 0 Å². The number of methoxy groups -OCH3 is 2. The summed E-state index contributed by atoms with van der Waals surface area (Å²) in [4.78, 5) is 11.1. The van der Waals surface area contributed by atoms with Crippen LogP contribution in [0.25, 0.3) is 0 Å². The van der Waals surface area contributed by atoms with Crippen LogP contribution in [0.15, 0.2) is 0 Å². The Kier molecular flexibility index (Phi) is 14.1. The summed E-state index contributed by atoms with van der Waals surface area (Å²) >= 11 is 0. The van der Waals surface area contributed by atoms with Gasteiger partial charge in [-0.15, -0.1) is 0 Å². The Hall–Kier alpha value is -0.770. The topological polar surface area (TPSA) is 98.5 Å². The van der Waals surface area contributed by atoms with Gasteiger partial charge in [0.05, 0.1) is 52.9 Å². The third kappa shape index (κ3) is 12.3. The maximum atomic E-state index is 11.1. The Labute approximate surface area is 119 Å². The third-order valence-electron chi connectivity index (χ3n) is 2.09. The van der Waals surface area contributed by atoms with E-state index in [-0.39, 0.29) is 13.2 Å². The van der Waals surface area contributed by atoms with Crippen molar-refractivity contribution in [2.24, 2.45) is 5.73 Å². The molecule has 0 aromatic rings. The number of carbonyl (C=O) groups excluding carboxylic acids is 1. The van der Waals surface area contributed by atoms with Crippen LogP contribution in [0.3, 0.4) is 0 Å². The summed E-state index contributed by atoms with van der Waals surface area (Å²) in [5.41, 5.74) is 5.15. The molecule has 0 aliphatic heterocycles. The van der Waals surface area contributed by atoms with E-state index >= 15 is 0 Å². The fourth-order valence-corrected chi connectivity index (χ4v) is 1.13. The lowest BCUT2D eigenvalue weighted by Crippen LogP contribution is -2.35. The highest BCUT2D eigenvalue weighted by atomic mass is 16.7. The van der Waals surface area contributed by atoms with Crippen molar-refractivity contribution in [3.63, 3.8) is 0 Å². The summed E-state index contributed by atoms with van der Waals surface area (Å²) in [6.07, 6.45) is -1.09. The molecule has 0 spiro atoms. The van der Waals surface area contributed by atoms with Gasteiger partial charge in [-0.25, -0.2) is 0 Å². The molecule has 0 saturated carbocycles. The summed E-state index contributed by atoms with van der Waals surface area (Å²) in [5, 5.41) is 0. The fraction of sp³-hybridized carbons (Fsp3) is 0.917. The van der Waals surface area contributed by atoms with Crippen LogP contribution >= 0.6 is 0 Å². The van der Waals surface area contributed by atoms with Crippen LogP contribution in [0, 0.1) is 0 Å². The van der Waals surface area contributed by atoms with Crippen LogP contribution in [0.1, 0.15) is 0 Å². The van der Waals surface area contributed by atoms with Gasteiger partial charge < -0.3 is 34.2 Å². The predicted molar refractivity (Wildman–Crippen MR) is 70.3 cm³/mol. The molecule has 0 saturated heterocycles. The summed E-state index contributed by atoms with van der Waals surface area (Å²) in [6, 6.07) is 0. The van der Waals surface area contributed by atoms with Crippen molar-refractivity contribution in [3.8, 4) is 0 Å². The van der Waals surface area contributed by atoms with E-state index in [1.54, 1.807) is 14.2 Å². The summed E-state index contributed by atoms with van der Waals surface area (Å²) in [6.45, 7) is 3.04. The number of carbonyl (C=O) groups is 1. The summed E-state index contributed by atoms with van der Waals surface area (Å²) < 4.78 is 30.3. The lowest BCUT2D eigenvalue weighted by atomic mass is 10.6. The van der Waals surface area contributed by atoms with Crippen LogP contribution in [-0.4, -0.2) is 79.3 Å². The highest BCUT2D eigenvalue weighted by Gasteiger charge is 2.15. The van der Waals surface area contributed by atoms with Gasteiger partial charge in [-0.1, -0.05) is 0 Å². The zero-order valence-electron chi connectivity index (χ0n) is 12.2. The molecule has 0 aliphatic carbocycles. The van der Waals surface area contributed by atoms with Gasteiger partial charge in [0.15, 0.2) is 0 Å². The highest BCUT2D eigenvalue weighted by Crippen LogP contribution is 1.95. The van der Waals surface area contributed by atoms with Crippen LogP contribution in [0.2, 0.25) is 0 Å². The number of amides is 1. The van der Waals surface area contributed by atoms with E-state index in [9.17, 15) is 4.79 Å². The second-order valence-corrected chi connectivity index (χ2v) is 3.69. The molecule has 0 rings (SSSR count). The molecule has 0 heterocycles. The fourth-order valence-electron chi connectivity index (χ4n) is 1.13. The Morgan fingerprint density at radius 3 is 1.55 bits per heavy atom. The molecule has 0 bridgehead atoms.